The minimum Gasteiger partial charge on any atom is -0.480 e. The molecule has 2 rings (SSSR count). The lowest BCUT2D eigenvalue weighted by atomic mass is 9.94. The predicted octanol–water partition coefficient (Wildman–Crippen LogP) is 2.29. The number of hydrogen-bond donors (Lipinski definition) is 1. The second-order valence-electron chi connectivity index (χ2n) is 6.14. The molecule has 0 aromatic heterocycles. The third-order valence-corrected chi connectivity index (χ3v) is 4.38. The highest BCUT2D eigenvalue weighted by Crippen LogP contribution is 2.19. The van der Waals surface area contributed by atoms with Crippen molar-refractivity contribution in [2.75, 3.05) is 6.54 Å². The van der Waals surface area contributed by atoms with Crippen molar-refractivity contribution in [1.29, 1.82) is 0 Å². The summed E-state index contributed by atoms with van der Waals surface area (Å²) in [5, 5.41) is 9.10. The fourth-order valence-electron chi connectivity index (χ4n) is 3.02. The first-order valence-corrected chi connectivity index (χ1v) is 8.08. The van der Waals surface area contributed by atoms with Gasteiger partial charge in [0.1, 0.15) is 11.8 Å². The van der Waals surface area contributed by atoms with Crippen LogP contribution in [0.2, 0.25) is 0 Å². The number of likely N-dealkylation sites (tertiary alicyclic amines) is 1. The van der Waals surface area contributed by atoms with Crippen LogP contribution >= 0.6 is 0 Å². The van der Waals surface area contributed by atoms with Gasteiger partial charge < -0.3 is 10.0 Å². The van der Waals surface area contributed by atoms with Gasteiger partial charge in [0, 0.05) is 25.3 Å². The maximum Gasteiger partial charge on any atom is 0.326 e. The molecule has 5 nitrogen and oxygen atoms in total. The number of hydrogen-bond acceptors (Lipinski definition) is 3. The minimum absolute atomic E-state index is 0.0493. The highest BCUT2D eigenvalue weighted by molar-refractivity contribution is 5.88. The summed E-state index contributed by atoms with van der Waals surface area (Å²) in [5.41, 5.74) is 1.10. The molecule has 1 N–H and O–H groups in total. The summed E-state index contributed by atoms with van der Waals surface area (Å²) in [6.07, 6.45) is 2.15. The molecule has 0 spiro atoms. The Labute approximate surface area is 136 Å². The Hall–Kier alpha value is -2.17. The average molecular weight is 317 g/mol. The number of aliphatic carboxylic acids is 1. The van der Waals surface area contributed by atoms with Crippen molar-refractivity contribution in [1.82, 2.24) is 4.90 Å². The van der Waals surface area contributed by atoms with E-state index in [0.29, 0.717) is 25.8 Å². The molecule has 1 heterocycles. The molecule has 1 aromatic carbocycles. The molecule has 124 valence electrons. The van der Waals surface area contributed by atoms with E-state index in [9.17, 15) is 14.4 Å². The molecule has 23 heavy (non-hydrogen) atoms. The first kappa shape index (κ1) is 17.2. The lowest BCUT2D eigenvalue weighted by Crippen LogP contribution is -2.40. The molecule has 1 amide bonds. The number of ketones is 1. The van der Waals surface area contributed by atoms with Gasteiger partial charge >= 0.3 is 5.97 Å². The van der Waals surface area contributed by atoms with E-state index in [1.54, 1.807) is 0 Å². The van der Waals surface area contributed by atoms with Crippen LogP contribution in [-0.2, 0) is 20.8 Å². The van der Waals surface area contributed by atoms with Crippen molar-refractivity contribution in [2.24, 2.45) is 5.92 Å². The van der Waals surface area contributed by atoms with Crippen LogP contribution in [0.15, 0.2) is 30.3 Å². The van der Waals surface area contributed by atoms with Gasteiger partial charge in [0.2, 0.25) is 5.91 Å². The van der Waals surface area contributed by atoms with Gasteiger partial charge in [-0.3, -0.25) is 9.59 Å². The molecule has 0 radical (unpaired) electrons. The SMILES string of the molecule is C[C@@H](Cc1ccccc1)C(=O)CCC(=O)N1CCC[C@H]1C(=O)O. The highest BCUT2D eigenvalue weighted by atomic mass is 16.4. The third kappa shape index (κ3) is 4.65. The van der Waals surface area contributed by atoms with Crippen molar-refractivity contribution >= 4 is 17.7 Å². The van der Waals surface area contributed by atoms with Crippen LogP contribution in [0.1, 0.15) is 38.2 Å². The highest BCUT2D eigenvalue weighted by Gasteiger charge is 2.33. The first-order chi connectivity index (χ1) is 11.0. The van der Waals surface area contributed by atoms with Crippen LogP contribution in [0.5, 0.6) is 0 Å². The zero-order valence-electron chi connectivity index (χ0n) is 13.4. The Morgan fingerprint density at radius 3 is 2.57 bits per heavy atom. The van der Waals surface area contributed by atoms with Gasteiger partial charge in [-0.05, 0) is 24.8 Å². The second-order valence-corrected chi connectivity index (χ2v) is 6.14. The van der Waals surface area contributed by atoms with E-state index < -0.39 is 12.0 Å². The predicted molar refractivity (Wildman–Crippen MR) is 85.9 cm³/mol. The lowest BCUT2D eigenvalue weighted by molar-refractivity contribution is -0.148. The first-order valence-electron chi connectivity index (χ1n) is 8.08. The van der Waals surface area contributed by atoms with Gasteiger partial charge in [0.05, 0.1) is 0 Å². The van der Waals surface area contributed by atoms with Crippen LogP contribution in [0.3, 0.4) is 0 Å². The summed E-state index contributed by atoms with van der Waals surface area (Å²) in [4.78, 5) is 36.9. The molecule has 1 saturated heterocycles. The van der Waals surface area contributed by atoms with E-state index >= 15 is 0 Å². The summed E-state index contributed by atoms with van der Waals surface area (Å²) < 4.78 is 0. The maximum atomic E-state index is 12.2. The molecule has 0 saturated carbocycles. The molecule has 0 unspecified atom stereocenters. The smallest absolute Gasteiger partial charge is 0.326 e. The lowest BCUT2D eigenvalue weighted by Gasteiger charge is -2.21. The molecule has 0 bridgehead atoms. The quantitative estimate of drug-likeness (QED) is 0.837. The Bertz CT molecular complexity index is 570. The monoisotopic (exact) mass is 317 g/mol. The van der Waals surface area contributed by atoms with E-state index in [0.717, 1.165) is 5.56 Å². The van der Waals surface area contributed by atoms with Crippen molar-refractivity contribution in [3.63, 3.8) is 0 Å². The van der Waals surface area contributed by atoms with Gasteiger partial charge in [0.25, 0.3) is 0 Å². The molecule has 1 aliphatic heterocycles. The van der Waals surface area contributed by atoms with E-state index in [4.69, 9.17) is 5.11 Å². The summed E-state index contributed by atoms with van der Waals surface area (Å²) in [5.74, 6) is -1.28. The van der Waals surface area contributed by atoms with Crippen molar-refractivity contribution in [2.45, 2.75) is 45.1 Å². The summed E-state index contributed by atoms with van der Waals surface area (Å²) in [6.45, 7) is 2.35. The number of amides is 1. The topological polar surface area (TPSA) is 74.7 Å². The molecule has 0 aliphatic carbocycles. The number of Topliss-reactive ketones (excluding diaryl/α,β-unsaturated/α-hetero) is 1. The molecule has 1 aromatic rings. The van der Waals surface area contributed by atoms with Crippen LogP contribution in [-0.4, -0.2) is 40.3 Å². The van der Waals surface area contributed by atoms with Gasteiger partial charge in [-0.1, -0.05) is 37.3 Å². The summed E-state index contributed by atoms with van der Waals surface area (Å²) >= 11 is 0. The second kappa shape index (κ2) is 7.90. The molecule has 1 aliphatic rings. The van der Waals surface area contributed by atoms with Crippen LogP contribution in [0.4, 0.5) is 0 Å². The number of carbonyl (C=O) groups is 3. The van der Waals surface area contributed by atoms with Gasteiger partial charge in [0.15, 0.2) is 0 Å². The minimum atomic E-state index is -0.959. The number of benzene rings is 1. The number of rotatable bonds is 7. The zero-order chi connectivity index (χ0) is 16.8. The Kier molecular flexibility index (Phi) is 5.90. The van der Waals surface area contributed by atoms with Crippen LogP contribution in [0.25, 0.3) is 0 Å². The Morgan fingerprint density at radius 1 is 1.22 bits per heavy atom. The fraction of sp³-hybridized carbons (Fsp3) is 0.500. The maximum absolute atomic E-state index is 12.2. The van der Waals surface area contributed by atoms with E-state index in [2.05, 4.69) is 0 Å². The van der Waals surface area contributed by atoms with Crippen molar-refractivity contribution in [3.8, 4) is 0 Å². The number of carboxylic acid groups (broad SMARTS) is 1. The normalized spacial score (nSPS) is 18.7. The number of carbonyl (C=O) groups excluding carboxylic acids is 2. The van der Waals surface area contributed by atoms with Gasteiger partial charge in [-0.15, -0.1) is 0 Å². The van der Waals surface area contributed by atoms with Crippen LogP contribution < -0.4 is 0 Å². The number of carboxylic acids is 1. The molecule has 1 fully saturated rings. The zero-order valence-corrected chi connectivity index (χ0v) is 13.4. The summed E-state index contributed by atoms with van der Waals surface area (Å²) in [6, 6.07) is 9.06. The average Bonchev–Trinajstić information content (AvgIpc) is 3.03. The Morgan fingerprint density at radius 2 is 1.91 bits per heavy atom. The Balaban J connectivity index is 1.81. The third-order valence-electron chi connectivity index (χ3n) is 4.38. The van der Waals surface area contributed by atoms with Crippen LogP contribution in [0, 0.1) is 5.92 Å². The van der Waals surface area contributed by atoms with E-state index in [-0.39, 0.29) is 30.4 Å². The van der Waals surface area contributed by atoms with Crippen molar-refractivity contribution in [3.05, 3.63) is 35.9 Å². The van der Waals surface area contributed by atoms with Gasteiger partial charge in [-0.25, -0.2) is 4.79 Å². The summed E-state index contributed by atoms with van der Waals surface area (Å²) in [7, 11) is 0. The molecule has 2 atom stereocenters. The largest absolute Gasteiger partial charge is 0.480 e. The van der Waals surface area contributed by atoms with Gasteiger partial charge in [-0.2, -0.15) is 0 Å². The van der Waals surface area contributed by atoms with E-state index in [1.807, 2.05) is 37.3 Å². The fourth-order valence-corrected chi connectivity index (χ4v) is 3.02. The molecule has 5 heteroatoms. The molecular weight excluding hydrogens is 294 g/mol. The molecular formula is C18H23NO4. The van der Waals surface area contributed by atoms with Crippen molar-refractivity contribution < 1.29 is 19.5 Å². The standard InChI is InChI=1S/C18H23NO4/c1-13(12-14-6-3-2-4-7-14)16(20)9-10-17(21)19-11-5-8-15(19)18(22)23/h2-4,6-7,13,15H,5,8-12H2,1H3,(H,22,23)/t13-,15-/m0/s1. The van der Waals surface area contributed by atoms with E-state index in [1.165, 1.54) is 4.90 Å². The number of nitrogens with zero attached hydrogens (tertiary/aromatic N) is 1.